The van der Waals surface area contributed by atoms with Crippen LogP contribution in [0.15, 0.2) is 72.9 Å². The van der Waals surface area contributed by atoms with Crippen molar-refractivity contribution in [2.45, 2.75) is 257 Å². The Balaban J connectivity index is 4.18. The molecule has 0 radical (unpaired) electrons. The quantitative estimate of drug-likeness (QED) is 0.0243. The minimum atomic E-state index is -4.35. The van der Waals surface area contributed by atoms with Gasteiger partial charge in [-0.15, -0.1) is 0 Å². The summed E-state index contributed by atoms with van der Waals surface area (Å²) in [5.41, 5.74) is 0. The molecular weight excluding hydrogens is 864 g/mol. The Hall–Kier alpha value is -2.06. The van der Waals surface area contributed by atoms with Gasteiger partial charge in [-0.3, -0.25) is 13.8 Å². The number of carbonyl (C=O) groups excluding carboxylic acids is 1. The molecule has 0 aliphatic carbocycles. The number of likely N-dealkylation sites (N-methyl/N-ethyl adjacent to an activating group) is 1. The van der Waals surface area contributed by atoms with Crippen LogP contribution in [0.1, 0.15) is 245 Å². The predicted octanol–water partition coefficient (Wildman–Crippen LogP) is 17.1. The third-order valence-electron chi connectivity index (χ3n) is 12.4. The molecular formula is C59H110N2O6P+. The van der Waals surface area contributed by atoms with Crippen molar-refractivity contribution in [2.24, 2.45) is 0 Å². The second-order valence-electron chi connectivity index (χ2n) is 20.3. The summed E-state index contributed by atoms with van der Waals surface area (Å²) in [5.74, 6) is -0.179. The van der Waals surface area contributed by atoms with Crippen LogP contribution in [0.3, 0.4) is 0 Å². The second-order valence-corrected chi connectivity index (χ2v) is 21.7. The van der Waals surface area contributed by atoms with E-state index in [1.54, 1.807) is 6.08 Å². The van der Waals surface area contributed by atoms with Crippen molar-refractivity contribution in [3.63, 3.8) is 0 Å². The molecule has 8 nitrogen and oxygen atoms in total. The minimum Gasteiger partial charge on any atom is -0.387 e. The summed E-state index contributed by atoms with van der Waals surface area (Å²) in [6.07, 6.45) is 68.5. The molecule has 9 heteroatoms. The number of phosphoric ester groups is 1. The predicted molar refractivity (Wildman–Crippen MR) is 295 cm³/mol. The van der Waals surface area contributed by atoms with Gasteiger partial charge in [-0.1, -0.05) is 247 Å². The number of hydrogen-bond acceptors (Lipinski definition) is 5. The fraction of sp³-hybridized carbons (Fsp3) is 0.780. The highest BCUT2D eigenvalue weighted by molar-refractivity contribution is 7.47. The molecule has 0 rings (SSSR count). The smallest absolute Gasteiger partial charge is 0.387 e. The van der Waals surface area contributed by atoms with Crippen molar-refractivity contribution < 1.29 is 32.9 Å². The summed E-state index contributed by atoms with van der Waals surface area (Å²) in [5, 5.41) is 13.9. The van der Waals surface area contributed by atoms with Crippen LogP contribution in [-0.4, -0.2) is 73.4 Å². The van der Waals surface area contributed by atoms with Gasteiger partial charge in [0.25, 0.3) is 0 Å². The number of aliphatic hydroxyl groups is 1. The summed E-state index contributed by atoms with van der Waals surface area (Å²) < 4.78 is 23.7. The molecule has 0 aliphatic heterocycles. The molecule has 3 atom stereocenters. The Morgan fingerprint density at radius 1 is 0.515 bits per heavy atom. The molecule has 0 aromatic heterocycles. The van der Waals surface area contributed by atoms with Gasteiger partial charge in [-0.05, 0) is 64.2 Å². The standard InChI is InChI=1S/C59H109N2O6P/c1-6-8-10-12-14-16-18-20-22-24-25-26-27-28-29-30-31-32-33-34-35-37-39-41-43-45-47-49-51-53-59(63)60-57(56-67-68(64,65)66-55-54-61(3,4)5)58(62)52-50-48-46-44-42-40-38-36-23-21-19-17-15-13-11-9-7-2/h8,10,14,16,20,22,25-26,28-29,50,52,57-58,62H,6-7,9,11-13,15,17-19,21,23-24,27,30-49,51,53-56H2,1-5H3,(H-,60,63,64,65)/p+1/b10-8-,16-14-,22-20-,26-25-,29-28-,52-50+. The molecule has 0 heterocycles. The average molecular weight is 975 g/mol. The summed E-state index contributed by atoms with van der Waals surface area (Å²) in [7, 11) is 1.57. The van der Waals surface area contributed by atoms with E-state index in [1.165, 1.54) is 154 Å². The Kier molecular flexibility index (Phi) is 48.4. The zero-order valence-electron chi connectivity index (χ0n) is 45.1. The van der Waals surface area contributed by atoms with Gasteiger partial charge in [0.05, 0.1) is 39.9 Å². The van der Waals surface area contributed by atoms with E-state index in [-0.39, 0.29) is 19.1 Å². The molecule has 0 fully saturated rings. The summed E-state index contributed by atoms with van der Waals surface area (Å²) >= 11 is 0. The number of hydrogen-bond donors (Lipinski definition) is 3. The number of carbonyl (C=O) groups is 1. The topological polar surface area (TPSA) is 105 Å². The van der Waals surface area contributed by atoms with Crippen molar-refractivity contribution in [1.29, 1.82) is 0 Å². The van der Waals surface area contributed by atoms with Gasteiger partial charge < -0.3 is 19.8 Å². The van der Waals surface area contributed by atoms with Crippen LogP contribution in [0.5, 0.6) is 0 Å². The lowest BCUT2D eigenvalue weighted by molar-refractivity contribution is -0.870. The van der Waals surface area contributed by atoms with Crippen molar-refractivity contribution >= 4 is 13.7 Å². The van der Waals surface area contributed by atoms with Crippen LogP contribution in [0, 0.1) is 0 Å². The van der Waals surface area contributed by atoms with E-state index in [2.05, 4.69) is 79.9 Å². The summed E-state index contributed by atoms with van der Waals surface area (Å²) in [6, 6.07) is -0.850. The highest BCUT2D eigenvalue weighted by atomic mass is 31.2. The highest BCUT2D eigenvalue weighted by Gasteiger charge is 2.27. The number of nitrogens with one attached hydrogen (secondary N) is 1. The Morgan fingerprint density at radius 3 is 1.29 bits per heavy atom. The Morgan fingerprint density at radius 2 is 0.882 bits per heavy atom. The normalized spacial score (nSPS) is 14.5. The number of allylic oxidation sites excluding steroid dienone is 11. The van der Waals surface area contributed by atoms with Gasteiger partial charge in [0.1, 0.15) is 13.2 Å². The first kappa shape index (κ1) is 65.9. The first-order valence-electron chi connectivity index (χ1n) is 28.3. The minimum absolute atomic E-state index is 0.0595. The number of rotatable bonds is 51. The fourth-order valence-electron chi connectivity index (χ4n) is 8.01. The van der Waals surface area contributed by atoms with Gasteiger partial charge in [0.15, 0.2) is 0 Å². The van der Waals surface area contributed by atoms with Crippen molar-refractivity contribution in [3.05, 3.63) is 72.9 Å². The number of quaternary nitrogens is 1. The third-order valence-corrected chi connectivity index (χ3v) is 13.4. The summed E-state index contributed by atoms with van der Waals surface area (Å²) in [6.45, 7) is 4.71. The lowest BCUT2D eigenvalue weighted by atomic mass is 10.0. The molecule has 68 heavy (non-hydrogen) atoms. The molecule has 396 valence electrons. The zero-order chi connectivity index (χ0) is 49.9. The maximum atomic E-state index is 13.0. The van der Waals surface area contributed by atoms with E-state index >= 15 is 0 Å². The number of nitrogens with zero attached hydrogens (tertiary/aromatic N) is 1. The highest BCUT2D eigenvalue weighted by Crippen LogP contribution is 2.43. The largest absolute Gasteiger partial charge is 0.472 e. The molecule has 3 unspecified atom stereocenters. The SMILES string of the molecule is CC/C=C\C/C=C\C/C=C\C/C=C\C/C=C\CCCCCCCCCCCCCCCC(=O)NC(COP(=O)(O)OCC[N+](C)(C)C)C(O)/C=C/CCCCCCCCCCCCCCCCC. The Labute approximate surface area is 421 Å². The number of amides is 1. The van der Waals surface area contributed by atoms with Crippen LogP contribution in [-0.2, 0) is 18.4 Å². The van der Waals surface area contributed by atoms with Crippen LogP contribution < -0.4 is 5.32 Å². The van der Waals surface area contributed by atoms with Gasteiger partial charge in [0.2, 0.25) is 5.91 Å². The van der Waals surface area contributed by atoms with E-state index in [9.17, 15) is 19.4 Å². The van der Waals surface area contributed by atoms with E-state index in [4.69, 9.17) is 9.05 Å². The van der Waals surface area contributed by atoms with Crippen molar-refractivity contribution in [1.82, 2.24) is 5.32 Å². The molecule has 0 bridgehead atoms. The van der Waals surface area contributed by atoms with Crippen molar-refractivity contribution in [2.75, 3.05) is 40.9 Å². The number of phosphoric acid groups is 1. The third kappa shape index (κ3) is 51.8. The van der Waals surface area contributed by atoms with E-state index in [1.807, 2.05) is 27.2 Å². The number of unbranched alkanes of at least 4 members (excludes halogenated alkanes) is 28. The Bertz CT molecular complexity index is 1330. The van der Waals surface area contributed by atoms with E-state index < -0.39 is 20.0 Å². The van der Waals surface area contributed by atoms with Crippen LogP contribution in [0.2, 0.25) is 0 Å². The lowest BCUT2D eigenvalue weighted by Crippen LogP contribution is -2.45. The first-order chi connectivity index (χ1) is 33.0. The van der Waals surface area contributed by atoms with E-state index in [0.717, 1.165) is 70.6 Å². The maximum Gasteiger partial charge on any atom is 0.472 e. The van der Waals surface area contributed by atoms with Crippen LogP contribution in [0.4, 0.5) is 0 Å². The summed E-state index contributed by atoms with van der Waals surface area (Å²) in [4.78, 5) is 23.3. The molecule has 3 N–H and O–H groups in total. The lowest BCUT2D eigenvalue weighted by Gasteiger charge is -2.25. The molecule has 0 aromatic carbocycles. The molecule has 0 aromatic rings. The molecule has 1 amide bonds. The van der Waals surface area contributed by atoms with Crippen LogP contribution >= 0.6 is 7.82 Å². The second kappa shape index (κ2) is 49.9. The molecule has 0 saturated heterocycles. The van der Waals surface area contributed by atoms with Gasteiger partial charge in [0, 0.05) is 6.42 Å². The van der Waals surface area contributed by atoms with E-state index in [0.29, 0.717) is 17.4 Å². The number of aliphatic hydroxyl groups excluding tert-OH is 1. The average Bonchev–Trinajstić information content (AvgIpc) is 3.30. The fourth-order valence-corrected chi connectivity index (χ4v) is 8.75. The van der Waals surface area contributed by atoms with Crippen LogP contribution in [0.25, 0.3) is 0 Å². The van der Waals surface area contributed by atoms with Gasteiger partial charge in [-0.2, -0.15) is 0 Å². The first-order valence-corrected chi connectivity index (χ1v) is 29.8. The van der Waals surface area contributed by atoms with Crippen molar-refractivity contribution in [3.8, 4) is 0 Å². The zero-order valence-corrected chi connectivity index (χ0v) is 46.0. The molecule has 0 saturated carbocycles. The van der Waals surface area contributed by atoms with Gasteiger partial charge in [-0.25, -0.2) is 4.57 Å². The monoisotopic (exact) mass is 974 g/mol. The maximum absolute atomic E-state index is 13.0. The van der Waals surface area contributed by atoms with Gasteiger partial charge >= 0.3 is 7.82 Å². The molecule has 0 spiro atoms. The molecule has 0 aliphatic rings.